The predicted molar refractivity (Wildman–Crippen MR) is 57.0 cm³/mol. The molecule has 10 heteroatoms. The van der Waals surface area contributed by atoms with Crippen molar-refractivity contribution in [2.75, 3.05) is 11.9 Å². The van der Waals surface area contributed by atoms with E-state index in [1.165, 1.54) is 6.92 Å². The molecule has 0 spiro atoms. The molecule has 0 saturated heterocycles. The Bertz CT molecular complexity index is 427. The van der Waals surface area contributed by atoms with Crippen LogP contribution >= 0.6 is 11.6 Å². The van der Waals surface area contributed by atoms with Crippen molar-refractivity contribution in [3.05, 3.63) is 11.6 Å². The molecule has 0 aliphatic carbocycles. The molecule has 0 fully saturated rings. The van der Waals surface area contributed by atoms with Gasteiger partial charge in [0.2, 0.25) is 17.1 Å². The van der Waals surface area contributed by atoms with Crippen molar-refractivity contribution in [2.45, 2.75) is 19.1 Å². The van der Waals surface area contributed by atoms with E-state index in [2.05, 4.69) is 20.3 Å². The molecule has 2 N–H and O–H groups in total. The van der Waals surface area contributed by atoms with E-state index in [0.29, 0.717) is 0 Å². The van der Waals surface area contributed by atoms with Crippen molar-refractivity contribution in [1.29, 1.82) is 0 Å². The lowest BCUT2D eigenvalue weighted by Gasteiger charge is -2.14. The topological polar surface area (TPSA) is 79.8 Å². The number of carbonyl (C=O) groups excluding carboxylic acids is 1. The standard InChI is InChI=1S/C8H9ClF3N5O/c1-4(5(18)13-2-8(10,11)12)16-7-15-3-14-6(9)17-7/h3-4H,2H2,1H3,(H,13,18)(H,14,15,16,17)/t4-/m0/s1. The zero-order valence-corrected chi connectivity index (χ0v) is 9.88. The summed E-state index contributed by atoms with van der Waals surface area (Å²) in [5, 5.41) is 4.13. The van der Waals surface area contributed by atoms with Crippen LogP contribution in [0.2, 0.25) is 5.28 Å². The van der Waals surface area contributed by atoms with E-state index in [-0.39, 0.29) is 11.2 Å². The number of aromatic nitrogens is 3. The van der Waals surface area contributed by atoms with Gasteiger partial charge in [0.25, 0.3) is 0 Å². The Kier molecular flexibility index (Phi) is 4.65. The molecule has 6 nitrogen and oxygen atoms in total. The van der Waals surface area contributed by atoms with E-state index in [1.54, 1.807) is 5.32 Å². The number of amides is 1. The van der Waals surface area contributed by atoms with Gasteiger partial charge in [-0.25, -0.2) is 9.97 Å². The number of nitrogens with zero attached hydrogens (tertiary/aromatic N) is 3. The Labute approximate surface area is 105 Å². The first kappa shape index (κ1) is 14.4. The zero-order valence-electron chi connectivity index (χ0n) is 9.12. The average molecular weight is 284 g/mol. The average Bonchev–Trinajstić information content (AvgIpc) is 2.24. The summed E-state index contributed by atoms with van der Waals surface area (Å²) < 4.78 is 35.6. The van der Waals surface area contributed by atoms with Crippen LogP contribution in [0, 0.1) is 0 Å². The molecular weight excluding hydrogens is 275 g/mol. The molecule has 0 radical (unpaired) electrons. The molecule has 0 aromatic carbocycles. The fourth-order valence-electron chi connectivity index (χ4n) is 0.945. The van der Waals surface area contributed by atoms with Gasteiger partial charge >= 0.3 is 6.18 Å². The lowest BCUT2D eigenvalue weighted by molar-refractivity contribution is -0.138. The van der Waals surface area contributed by atoms with Gasteiger partial charge < -0.3 is 10.6 Å². The van der Waals surface area contributed by atoms with Crippen LogP contribution in [0.1, 0.15) is 6.92 Å². The summed E-state index contributed by atoms with van der Waals surface area (Å²) >= 11 is 5.48. The van der Waals surface area contributed by atoms with Gasteiger partial charge in [0, 0.05) is 0 Å². The minimum atomic E-state index is -4.45. The maximum absolute atomic E-state index is 11.9. The van der Waals surface area contributed by atoms with E-state index in [0.717, 1.165) is 6.33 Å². The maximum atomic E-state index is 11.9. The lowest BCUT2D eigenvalue weighted by atomic mass is 10.3. The normalized spacial score (nSPS) is 12.9. The minimum absolute atomic E-state index is 0.00431. The van der Waals surface area contributed by atoms with Gasteiger partial charge in [0.1, 0.15) is 18.9 Å². The minimum Gasteiger partial charge on any atom is -0.345 e. The first-order valence-electron chi connectivity index (χ1n) is 4.73. The van der Waals surface area contributed by atoms with E-state index in [9.17, 15) is 18.0 Å². The van der Waals surface area contributed by atoms with Crippen molar-refractivity contribution >= 4 is 23.5 Å². The molecule has 0 saturated carbocycles. The highest BCUT2D eigenvalue weighted by Gasteiger charge is 2.28. The molecule has 1 amide bonds. The second-order valence-corrected chi connectivity index (χ2v) is 3.62. The molecule has 18 heavy (non-hydrogen) atoms. The van der Waals surface area contributed by atoms with Crippen LogP contribution in [-0.4, -0.2) is 39.6 Å². The Balaban J connectivity index is 2.50. The van der Waals surface area contributed by atoms with Gasteiger partial charge in [-0.05, 0) is 18.5 Å². The Hall–Kier alpha value is -1.64. The van der Waals surface area contributed by atoms with Crippen LogP contribution in [0.25, 0.3) is 0 Å². The van der Waals surface area contributed by atoms with Crippen molar-refractivity contribution in [3.8, 4) is 0 Å². The molecule has 0 aliphatic rings. The molecule has 1 rings (SSSR count). The van der Waals surface area contributed by atoms with Gasteiger partial charge in [0.15, 0.2) is 0 Å². The first-order valence-corrected chi connectivity index (χ1v) is 5.11. The van der Waals surface area contributed by atoms with Gasteiger partial charge in [-0.1, -0.05) is 0 Å². The number of carbonyl (C=O) groups is 1. The molecule has 1 aromatic rings. The van der Waals surface area contributed by atoms with Crippen molar-refractivity contribution in [1.82, 2.24) is 20.3 Å². The first-order chi connectivity index (χ1) is 8.28. The second-order valence-electron chi connectivity index (χ2n) is 3.28. The molecule has 100 valence electrons. The monoisotopic (exact) mass is 283 g/mol. The van der Waals surface area contributed by atoms with Crippen molar-refractivity contribution in [2.24, 2.45) is 0 Å². The molecule has 1 aromatic heterocycles. The van der Waals surface area contributed by atoms with Crippen LogP contribution in [-0.2, 0) is 4.79 Å². The van der Waals surface area contributed by atoms with E-state index in [4.69, 9.17) is 11.6 Å². The molecule has 1 heterocycles. The molecule has 0 aliphatic heterocycles. The van der Waals surface area contributed by atoms with Gasteiger partial charge in [-0.2, -0.15) is 18.2 Å². The number of halogens is 4. The predicted octanol–water partition coefficient (Wildman–Crippen LogP) is 1.00. The second kappa shape index (κ2) is 5.80. The summed E-state index contributed by atoms with van der Waals surface area (Å²) in [6, 6.07) is -0.939. The molecule has 0 bridgehead atoms. The summed E-state index contributed by atoms with van der Waals surface area (Å²) in [7, 11) is 0. The largest absolute Gasteiger partial charge is 0.405 e. The maximum Gasteiger partial charge on any atom is 0.405 e. The summed E-state index contributed by atoms with van der Waals surface area (Å²) in [6.07, 6.45) is -3.34. The van der Waals surface area contributed by atoms with Gasteiger partial charge in [0.05, 0.1) is 0 Å². The van der Waals surface area contributed by atoms with Crippen LogP contribution in [0.5, 0.6) is 0 Å². The van der Waals surface area contributed by atoms with Crippen LogP contribution in [0.15, 0.2) is 6.33 Å². The van der Waals surface area contributed by atoms with E-state index >= 15 is 0 Å². The highest BCUT2D eigenvalue weighted by molar-refractivity contribution is 6.28. The Morgan fingerprint density at radius 3 is 2.72 bits per heavy atom. The summed E-state index contributed by atoms with van der Waals surface area (Å²) in [5.41, 5.74) is 0. The summed E-state index contributed by atoms with van der Waals surface area (Å²) in [5.74, 6) is -0.825. The van der Waals surface area contributed by atoms with Gasteiger partial charge in [-0.3, -0.25) is 4.79 Å². The highest BCUT2D eigenvalue weighted by atomic mass is 35.5. The third kappa shape index (κ3) is 5.13. The third-order valence-electron chi connectivity index (χ3n) is 1.74. The van der Waals surface area contributed by atoms with Crippen LogP contribution in [0.3, 0.4) is 0 Å². The van der Waals surface area contributed by atoms with Crippen molar-refractivity contribution in [3.63, 3.8) is 0 Å². The SMILES string of the molecule is C[C@H](Nc1ncnc(Cl)n1)C(=O)NCC(F)(F)F. The Morgan fingerprint density at radius 2 is 2.17 bits per heavy atom. The van der Waals surface area contributed by atoms with E-state index < -0.39 is 24.7 Å². The van der Waals surface area contributed by atoms with Crippen molar-refractivity contribution < 1.29 is 18.0 Å². The number of hydrogen-bond donors (Lipinski definition) is 2. The summed E-state index contributed by atoms with van der Waals surface area (Å²) in [6.45, 7) is -0.0286. The highest BCUT2D eigenvalue weighted by Crippen LogP contribution is 2.12. The molecular formula is C8H9ClF3N5O. The number of rotatable bonds is 4. The smallest absolute Gasteiger partial charge is 0.345 e. The van der Waals surface area contributed by atoms with Crippen LogP contribution in [0.4, 0.5) is 19.1 Å². The number of nitrogens with one attached hydrogen (secondary N) is 2. The fraction of sp³-hybridized carbons (Fsp3) is 0.500. The van der Waals surface area contributed by atoms with Crippen LogP contribution < -0.4 is 10.6 Å². The lowest BCUT2D eigenvalue weighted by Crippen LogP contribution is -2.42. The number of hydrogen-bond acceptors (Lipinski definition) is 5. The fourth-order valence-corrected chi connectivity index (χ4v) is 1.07. The zero-order chi connectivity index (χ0) is 13.8. The van der Waals surface area contributed by atoms with E-state index in [1.807, 2.05) is 0 Å². The Morgan fingerprint density at radius 1 is 1.50 bits per heavy atom. The quantitative estimate of drug-likeness (QED) is 0.862. The molecule has 0 unspecified atom stereocenters. The number of anilines is 1. The molecule has 1 atom stereocenters. The third-order valence-corrected chi connectivity index (χ3v) is 1.93. The van der Waals surface area contributed by atoms with Gasteiger partial charge in [-0.15, -0.1) is 0 Å². The summed E-state index contributed by atoms with van der Waals surface area (Å²) in [4.78, 5) is 22.1. The number of alkyl halides is 3.